The van der Waals surface area contributed by atoms with Crippen LogP contribution in [0.15, 0.2) is 48.5 Å². The first-order valence-corrected chi connectivity index (χ1v) is 7.38. The number of aryl methyl sites for hydroxylation is 2. The number of rotatable bonds is 6. The normalized spacial score (nSPS) is 10.5. The highest BCUT2D eigenvalue weighted by Gasteiger charge is 2.02. The average molecular weight is 287 g/mol. The summed E-state index contributed by atoms with van der Waals surface area (Å²) in [6, 6.07) is 17.1. The Labute approximate surface area is 125 Å². The molecule has 0 aliphatic carbocycles. The van der Waals surface area contributed by atoms with Gasteiger partial charge in [-0.2, -0.15) is 0 Å². The summed E-state index contributed by atoms with van der Waals surface area (Å²) in [6.45, 7) is 2.13. The third-order valence-corrected chi connectivity index (χ3v) is 3.66. The fourth-order valence-corrected chi connectivity index (χ4v) is 2.52. The van der Waals surface area contributed by atoms with Crippen LogP contribution in [0.25, 0.3) is 11.1 Å². The molecular weight excluding hydrogens is 268 g/mol. The molecule has 0 saturated heterocycles. The first-order chi connectivity index (χ1) is 9.66. The van der Waals surface area contributed by atoms with E-state index in [4.69, 9.17) is 11.6 Å². The summed E-state index contributed by atoms with van der Waals surface area (Å²) in [4.78, 5) is 10.7. The van der Waals surface area contributed by atoms with Gasteiger partial charge in [0.1, 0.15) is 0 Å². The summed E-state index contributed by atoms with van der Waals surface area (Å²) < 4.78 is 0. The number of hydrogen-bond acceptors (Lipinski definition) is 1. The second-order valence-corrected chi connectivity index (χ2v) is 5.50. The maximum absolute atomic E-state index is 10.7. The molecule has 1 nitrogen and oxygen atoms in total. The van der Waals surface area contributed by atoms with Crippen LogP contribution in [0.4, 0.5) is 0 Å². The van der Waals surface area contributed by atoms with Gasteiger partial charge >= 0.3 is 0 Å². The van der Waals surface area contributed by atoms with Gasteiger partial charge in [-0.1, -0.05) is 48.5 Å². The molecule has 2 aromatic carbocycles. The van der Waals surface area contributed by atoms with Crippen LogP contribution in [0.2, 0.25) is 0 Å². The molecule has 0 heterocycles. The number of hydrogen-bond donors (Lipinski definition) is 0. The molecule has 0 aliphatic heterocycles. The minimum Gasteiger partial charge on any atom is -0.281 e. The van der Waals surface area contributed by atoms with Crippen LogP contribution < -0.4 is 0 Å². The van der Waals surface area contributed by atoms with Crippen molar-refractivity contribution in [2.45, 2.75) is 32.6 Å². The molecule has 2 heteroatoms. The van der Waals surface area contributed by atoms with Crippen molar-refractivity contribution in [1.29, 1.82) is 0 Å². The van der Waals surface area contributed by atoms with Crippen LogP contribution in [0, 0.1) is 6.92 Å². The van der Waals surface area contributed by atoms with Crippen LogP contribution >= 0.6 is 11.6 Å². The number of carbonyl (C=O) groups excluding carboxylic acids is 1. The standard InChI is InChI=1S/C18H19ClO/c1-14-7-2-4-11-17(14)16-10-6-9-15(13-16)8-3-5-12-18(19)20/h2,4,6-7,9-11,13H,3,5,8,12H2,1H3. The highest BCUT2D eigenvalue weighted by atomic mass is 35.5. The molecule has 2 aromatic rings. The Balaban J connectivity index is 2.05. The molecule has 0 fully saturated rings. The fourth-order valence-electron chi connectivity index (χ4n) is 2.38. The summed E-state index contributed by atoms with van der Waals surface area (Å²) >= 11 is 5.34. The second-order valence-electron chi connectivity index (χ2n) is 5.08. The zero-order valence-corrected chi connectivity index (χ0v) is 12.5. The number of carbonyl (C=O) groups is 1. The van der Waals surface area contributed by atoms with Gasteiger partial charge in [-0.05, 0) is 60.0 Å². The van der Waals surface area contributed by atoms with E-state index in [0.717, 1.165) is 19.3 Å². The summed E-state index contributed by atoms with van der Waals surface area (Å²) in [7, 11) is 0. The van der Waals surface area contributed by atoms with Gasteiger partial charge in [-0.25, -0.2) is 0 Å². The van der Waals surface area contributed by atoms with Crippen molar-refractivity contribution in [2.75, 3.05) is 0 Å². The molecule has 0 saturated carbocycles. The summed E-state index contributed by atoms with van der Waals surface area (Å²) in [5.74, 6) is 0. The van der Waals surface area contributed by atoms with Gasteiger partial charge in [0.25, 0.3) is 0 Å². The van der Waals surface area contributed by atoms with Crippen LogP contribution in [-0.2, 0) is 11.2 Å². The van der Waals surface area contributed by atoms with Gasteiger partial charge in [-0.15, -0.1) is 0 Å². The van der Waals surface area contributed by atoms with E-state index in [9.17, 15) is 4.79 Å². The predicted octanol–water partition coefficient (Wildman–Crippen LogP) is 5.14. The Kier molecular flexibility index (Phi) is 5.37. The van der Waals surface area contributed by atoms with Crippen molar-refractivity contribution in [3.63, 3.8) is 0 Å². The van der Waals surface area contributed by atoms with Crippen molar-refractivity contribution < 1.29 is 4.79 Å². The fraction of sp³-hybridized carbons (Fsp3) is 0.278. The zero-order chi connectivity index (χ0) is 14.4. The van der Waals surface area contributed by atoms with E-state index in [0.29, 0.717) is 6.42 Å². The van der Waals surface area contributed by atoms with E-state index in [2.05, 4.69) is 55.5 Å². The van der Waals surface area contributed by atoms with E-state index in [1.807, 2.05) is 0 Å². The maximum atomic E-state index is 10.7. The van der Waals surface area contributed by atoms with Gasteiger partial charge in [0.2, 0.25) is 5.24 Å². The Bertz CT molecular complexity index is 589. The molecule has 0 bridgehead atoms. The van der Waals surface area contributed by atoms with Crippen molar-refractivity contribution in [3.8, 4) is 11.1 Å². The van der Waals surface area contributed by atoms with Gasteiger partial charge in [-0.3, -0.25) is 4.79 Å². The molecule has 0 aliphatic rings. The predicted molar refractivity (Wildman–Crippen MR) is 85.0 cm³/mol. The summed E-state index contributed by atoms with van der Waals surface area (Å²) in [6.07, 6.45) is 3.32. The average Bonchev–Trinajstić information content (AvgIpc) is 2.44. The van der Waals surface area contributed by atoms with Crippen molar-refractivity contribution in [1.82, 2.24) is 0 Å². The van der Waals surface area contributed by atoms with E-state index < -0.39 is 0 Å². The highest BCUT2D eigenvalue weighted by Crippen LogP contribution is 2.24. The van der Waals surface area contributed by atoms with Gasteiger partial charge in [0.15, 0.2) is 0 Å². The molecule has 0 atom stereocenters. The third-order valence-electron chi connectivity index (χ3n) is 3.47. The van der Waals surface area contributed by atoms with Crippen LogP contribution in [-0.4, -0.2) is 5.24 Å². The lowest BCUT2D eigenvalue weighted by Crippen LogP contribution is -1.91. The van der Waals surface area contributed by atoms with Crippen molar-refractivity contribution in [2.24, 2.45) is 0 Å². The van der Waals surface area contributed by atoms with Crippen molar-refractivity contribution >= 4 is 16.8 Å². The Hall–Kier alpha value is -1.60. The largest absolute Gasteiger partial charge is 0.281 e. The Morgan fingerprint density at radius 3 is 2.60 bits per heavy atom. The van der Waals surface area contributed by atoms with E-state index in [1.165, 1.54) is 22.3 Å². The van der Waals surface area contributed by atoms with E-state index in [-0.39, 0.29) is 5.24 Å². The molecule has 0 N–H and O–H groups in total. The van der Waals surface area contributed by atoms with E-state index in [1.54, 1.807) is 0 Å². The van der Waals surface area contributed by atoms with Crippen LogP contribution in [0.3, 0.4) is 0 Å². The smallest absolute Gasteiger partial charge is 0.221 e. The van der Waals surface area contributed by atoms with Crippen molar-refractivity contribution in [3.05, 3.63) is 59.7 Å². The summed E-state index contributed by atoms with van der Waals surface area (Å²) in [5.41, 5.74) is 5.14. The maximum Gasteiger partial charge on any atom is 0.221 e. The monoisotopic (exact) mass is 286 g/mol. The van der Waals surface area contributed by atoms with Gasteiger partial charge < -0.3 is 0 Å². The number of halogens is 1. The zero-order valence-electron chi connectivity index (χ0n) is 11.7. The molecule has 0 spiro atoms. The van der Waals surface area contributed by atoms with Crippen LogP contribution in [0.1, 0.15) is 30.4 Å². The minimum atomic E-state index is -0.237. The molecule has 104 valence electrons. The highest BCUT2D eigenvalue weighted by molar-refractivity contribution is 6.63. The SMILES string of the molecule is Cc1ccccc1-c1cccc(CCCCC(=O)Cl)c1. The molecule has 2 rings (SSSR count). The second kappa shape index (κ2) is 7.25. The molecule has 0 radical (unpaired) electrons. The third kappa shape index (κ3) is 4.21. The number of benzene rings is 2. The topological polar surface area (TPSA) is 17.1 Å². The van der Waals surface area contributed by atoms with Crippen LogP contribution in [0.5, 0.6) is 0 Å². The molecular formula is C18H19ClO. The minimum absolute atomic E-state index is 0.237. The lowest BCUT2D eigenvalue weighted by molar-refractivity contribution is -0.111. The summed E-state index contributed by atoms with van der Waals surface area (Å²) in [5, 5.41) is -0.237. The van der Waals surface area contributed by atoms with Gasteiger partial charge in [0, 0.05) is 6.42 Å². The number of unbranched alkanes of at least 4 members (excludes halogenated alkanes) is 1. The lowest BCUT2D eigenvalue weighted by Gasteiger charge is -2.08. The molecule has 0 amide bonds. The van der Waals surface area contributed by atoms with E-state index >= 15 is 0 Å². The Morgan fingerprint density at radius 1 is 1.05 bits per heavy atom. The lowest BCUT2D eigenvalue weighted by atomic mass is 9.97. The molecule has 20 heavy (non-hydrogen) atoms. The van der Waals surface area contributed by atoms with Gasteiger partial charge in [0.05, 0.1) is 0 Å². The Morgan fingerprint density at radius 2 is 1.85 bits per heavy atom. The molecule has 0 unspecified atom stereocenters. The quantitative estimate of drug-likeness (QED) is 0.531. The molecule has 0 aromatic heterocycles. The first kappa shape index (κ1) is 14.8. The first-order valence-electron chi connectivity index (χ1n) is 7.00.